The van der Waals surface area contributed by atoms with Crippen molar-refractivity contribution in [1.82, 2.24) is 5.32 Å². The van der Waals surface area contributed by atoms with Crippen LogP contribution >= 0.6 is 0 Å². The Morgan fingerprint density at radius 2 is 0.595 bits per heavy atom. The van der Waals surface area contributed by atoms with Crippen LogP contribution in [0.25, 0.3) is 0 Å². The minimum atomic E-state index is -0.851. The number of aliphatic hydroxyl groups excluding tert-OH is 2. The van der Waals surface area contributed by atoms with Gasteiger partial charge in [-0.05, 0) is 89.9 Å². The maximum absolute atomic E-state index is 12.5. The summed E-state index contributed by atoms with van der Waals surface area (Å²) >= 11 is 0. The zero-order valence-corrected chi connectivity index (χ0v) is 56.6. The van der Waals surface area contributed by atoms with Crippen molar-refractivity contribution < 1.29 is 24.5 Å². The number of esters is 1. The van der Waals surface area contributed by atoms with E-state index in [0.717, 1.165) is 51.4 Å². The monoisotopic (exact) mass is 1180 g/mol. The fraction of sp³-hybridized carbons (Fsp3) is 0.872. The molecule has 3 N–H and O–H groups in total. The first-order valence-electron chi connectivity index (χ1n) is 37.9. The van der Waals surface area contributed by atoms with Gasteiger partial charge in [0.1, 0.15) is 0 Å². The van der Waals surface area contributed by atoms with Gasteiger partial charge < -0.3 is 20.3 Å². The van der Waals surface area contributed by atoms with Crippen molar-refractivity contribution in [3.63, 3.8) is 0 Å². The lowest BCUT2D eigenvalue weighted by molar-refractivity contribution is -0.143. The number of carbonyl (C=O) groups excluding carboxylic acids is 2. The van der Waals surface area contributed by atoms with Crippen LogP contribution in [-0.4, -0.2) is 47.4 Å². The largest absolute Gasteiger partial charge is 0.466 e. The van der Waals surface area contributed by atoms with Crippen molar-refractivity contribution in [2.45, 2.75) is 424 Å². The maximum atomic E-state index is 12.5. The summed E-state index contributed by atoms with van der Waals surface area (Å²) < 4.78 is 5.50. The molecule has 0 saturated heterocycles. The van der Waals surface area contributed by atoms with Crippen LogP contribution in [0.1, 0.15) is 412 Å². The molecule has 0 aliphatic heterocycles. The van der Waals surface area contributed by atoms with Crippen molar-refractivity contribution in [3.8, 4) is 0 Å². The van der Waals surface area contributed by atoms with Gasteiger partial charge in [-0.3, -0.25) is 9.59 Å². The number of hydrogen-bond acceptors (Lipinski definition) is 5. The number of nitrogens with one attached hydrogen (secondary N) is 1. The van der Waals surface area contributed by atoms with Crippen LogP contribution in [0.2, 0.25) is 0 Å². The molecule has 0 aliphatic rings. The quantitative estimate of drug-likeness (QED) is 0.0320. The number of ether oxygens (including phenoxy) is 1. The molecule has 494 valence electrons. The predicted molar refractivity (Wildman–Crippen MR) is 370 cm³/mol. The summed E-state index contributed by atoms with van der Waals surface area (Å²) in [7, 11) is 0. The SMILES string of the molecule is CCCCCCCC/C=C\CCCCCCCCCC(=O)OCCCCCCCCCCC/C=C\C/C=C\CCCCCCCCCCCC(=O)NC(CO)C(O)/C=C/CCCCCCCCCCCCCCCCCCCCCCCCC. The van der Waals surface area contributed by atoms with Crippen molar-refractivity contribution >= 4 is 11.9 Å². The minimum Gasteiger partial charge on any atom is -0.466 e. The average molecular weight is 1180 g/mol. The van der Waals surface area contributed by atoms with Crippen molar-refractivity contribution in [2.75, 3.05) is 13.2 Å². The molecule has 0 aromatic rings. The smallest absolute Gasteiger partial charge is 0.305 e. The summed E-state index contributed by atoms with van der Waals surface area (Å²) in [5, 5.41) is 23.3. The van der Waals surface area contributed by atoms with Gasteiger partial charge in [0.05, 0.1) is 25.4 Å². The molecule has 0 aliphatic carbocycles. The van der Waals surface area contributed by atoms with Crippen molar-refractivity contribution in [1.29, 1.82) is 0 Å². The van der Waals surface area contributed by atoms with Gasteiger partial charge in [-0.2, -0.15) is 0 Å². The number of aliphatic hydroxyl groups is 2. The number of amides is 1. The third kappa shape index (κ3) is 68.9. The molecule has 0 rings (SSSR count). The van der Waals surface area contributed by atoms with E-state index in [1.165, 1.54) is 334 Å². The molecule has 0 bridgehead atoms. The second-order valence-corrected chi connectivity index (χ2v) is 26.0. The average Bonchev–Trinajstić information content (AvgIpc) is 3.51. The number of unbranched alkanes of at least 4 members (excludes halogenated alkanes) is 54. The normalized spacial score (nSPS) is 12.8. The molecule has 0 spiro atoms. The van der Waals surface area contributed by atoms with Gasteiger partial charge in [0, 0.05) is 12.8 Å². The van der Waals surface area contributed by atoms with E-state index >= 15 is 0 Å². The van der Waals surface area contributed by atoms with Crippen LogP contribution in [-0.2, 0) is 14.3 Å². The highest BCUT2D eigenvalue weighted by molar-refractivity contribution is 5.76. The molecule has 0 aromatic carbocycles. The molecule has 0 fully saturated rings. The summed E-state index contributed by atoms with van der Waals surface area (Å²) in [5.41, 5.74) is 0. The molecule has 84 heavy (non-hydrogen) atoms. The minimum absolute atomic E-state index is 0.00574. The zero-order chi connectivity index (χ0) is 60.6. The molecule has 2 unspecified atom stereocenters. The Hall–Kier alpha value is -2.18. The highest BCUT2D eigenvalue weighted by atomic mass is 16.5. The standard InChI is InChI=1S/C78H147NO5/c1-3-5-7-9-11-13-15-17-19-21-22-23-24-26-29-32-35-39-42-46-50-54-58-62-66-70-76(81)75(74-80)79-77(82)71-67-63-59-55-51-47-43-40-36-33-30-27-25-28-31-34-37-41-45-49-53-57-61-65-69-73-84-78(83)72-68-64-60-56-52-48-44-38-20-18-16-14-12-10-8-6-4-2/h18,20,27-28,30-31,66,70,75-76,80-81H,3-17,19,21-26,29,32-65,67-69,71-74H2,1-2H3,(H,79,82)/b20-18-,30-27-,31-28-,70-66+. The van der Waals surface area contributed by atoms with E-state index in [4.69, 9.17) is 4.74 Å². The lowest BCUT2D eigenvalue weighted by Crippen LogP contribution is -2.45. The summed E-state index contributed by atoms with van der Waals surface area (Å²) in [5.74, 6) is -0.0645. The second kappa shape index (κ2) is 73.3. The molecule has 0 radical (unpaired) electrons. The summed E-state index contributed by atoms with van der Waals surface area (Å²) in [6, 6.07) is -0.635. The molecule has 2 atom stereocenters. The van der Waals surface area contributed by atoms with Crippen LogP contribution in [0.3, 0.4) is 0 Å². The molecular formula is C78H147NO5. The van der Waals surface area contributed by atoms with Gasteiger partial charge in [-0.1, -0.05) is 358 Å². The fourth-order valence-corrected chi connectivity index (χ4v) is 11.8. The summed E-state index contributed by atoms with van der Waals surface area (Å²) in [6.07, 6.45) is 96.3. The molecule has 6 heteroatoms. The van der Waals surface area contributed by atoms with E-state index in [0.29, 0.717) is 19.4 Å². The van der Waals surface area contributed by atoms with Gasteiger partial charge in [0.2, 0.25) is 5.91 Å². The highest BCUT2D eigenvalue weighted by Crippen LogP contribution is 2.19. The second-order valence-electron chi connectivity index (χ2n) is 26.0. The topological polar surface area (TPSA) is 95.9 Å². The Bertz CT molecular complexity index is 1400. The predicted octanol–water partition coefficient (Wildman–Crippen LogP) is 24.8. The summed E-state index contributed by atoms with van der Waals surface area (Å²) in [4.78, 5) is 24.6. The molecule has 0 saturated carbocycles. The highest BCUT2D eigenvalue weighted by Gasteiger charge is 2.18. The van der Waals surface area contributed by atoms with E-state index in [1.807, 2.05) is 6.08 Å². The van der Waals surface area contributed by atoms with E-state index in [2.05, 4.69) is 55.6 Å². The third-order valence-electron chi connectivity index (χ3n) is 17.6. The zero-order valence-electron chi connectivity index (χ0n) is 56.6. The van der Waals surface area contributed by atoms with Crippen molar-refractivity contribution in [2.24, 2.45) is 0 Å². The molecular weight excluding hydrogens is 1030 g/mol. The van der Waals surface area contributed by atoms with Crippen LogP contribution in [0, 0.1) is 0 Å². The first-order chi connectivity index (χ1) is 41.5. The number of rotatable bonds is 71. The fourth-order valence-electron chi connectivity index (χ4n) is 11.8. The van der Waals surface area contributed by atoms with Gasteiger partial charge in [0.15, 0.2) is 0 Å². The Morgan fingerprint density at radius 1 is 0.333 bits per heavy atom. The van der Waals surface area contributed by atoms with Gasteiger partial charge in [-0.15, -0.1) is 0 Å². The van der Waals surface area contributed by atoms with Crippen LogP contribution < -0.4 is 5.32 Å². The Morgan fingerprint density at radius 3 is 0.917 bits per heavy atom. The number of carbonyl (C=O) groups is 2. The van der Waals surface area contributed by atoms with E-state index in [-0.39, 0.29) is 18.5 Å². The van der Waals surface area contributed by atoms with Crippen molar-refractivity contribution in [3.05, 3.63) is 48.6 Å². The number of allylic oxidation sites excluding steroid dienone is 7. The third-order valence-corrected chi connectivity index (χ3v) is 17.6. The van der Waals surface area contributed by atoms with E-state index in [9.17, 15) is 19.8 Å². The Labute approximate surface area is 525 Å². The maximum Gasteiger partial charge on any atom is 0.305 e. The van der Waals surface area contributed by atoms with E-state index in [1.54, 1.807) is 6.08 Å². The van der Waals surface area contributed by atoms with E-state index < -0.39 is 12.1 Å². The lowest BCUT2D eigenvalue weighted by Gasteiger charge is -2.20. The van der Waals surface area contributed by atoms with Crippen LogP contribution in [0.15, 0.2) is 48.6 Å². The Kier molecular flexibility index (Phi) is 71.4. The first kappa shape index (κ1) is 81.8. The lowest BCUT2D eigenvalue weighted by atomic mass is 10.0. The molecule has 6 nitrogen and oxygen atoms in total. The Balaban J connectivity index is 3.45. The van der Waals surface area contributed by atoms with Crippen LogP contribution in [0.4, 0.5) is 0 Å². The molecule has 1 amide bonds. The van der Waals surface area contributed by atoms with Crippen LogP contribution in [0.5, 0.6) is 0 Å². The van der Waals surface area contributed by atoms with Gasteiger partial charge in [-0.25, -0.2) is 0 Å². The van der Waals surface area contributed by atoms with Gasteiger partial charge >= 0.3 is 5.97 Å². The van der Waals surface area contributed by atoms with Gasteiger partial charge in [0.25, 0.3) is 0 Å². The molecule has 0 heterocycles. The summed E-state index contributed by atoms with van der Waals surface area (Å²) in [6.45, 7) is 4.93. The molecule has 0 aromatic heterocycles. The first-order valence-corrected chi connectivity index (χ1v) is 37.9. The number of hydrogen-bond donors (Lipinski definition) is 3.